The third kappa shape index (κ3) is 2.34. The smallest absolute Gasteiger partial charge is 0.338 e. The van der Waals surface area contributed by atoms with Gasteiger partial charge in [-0.15, -0.1) is 0 Å². The second-order valence-electron chi connectivity index (χ2n) is 3.63. The molecule has 0 atom stereocenters. The van der Waals surface area contributed by atoms with Crippen molar-refractivity contribution < 1.29 is 23.5 Å². The zero-order chi connectivity index (χ0) is 13.1. The first-order valence-electron chi connectivity index (χ1n) is 5.48. The summed E-state index contributed by atoms with van der Waals surface area (Å²) in [7, 11) is 0. The molecular weight excluding hydrogens is 236 g/mol. The summed E-state index contributed by atoms with van der Waals surface area (Å²) in [6.45, 7) is 3.29. The number of furan rings is 1. The van der Waals surface area contributed by atoms with Crippen LogP contribution >= 0.6 is 0 Å². The van der Waals surface area contributed by atoms with Crippen LogP contribution in [-0.4, -0.2) is 18.5 Å². The third-order valence-electron chi connectivity index (χ3n) is 2.28. The topological polar surface area (TPSA) is 65.7 Å². The van der Waals surface area contributed by atoms with E-state index in [4.69, 9.17) is 13.9 Å². The van der Waals surface area contributed by atoms with Crippen LogP contribution in [0.2, 0.25) is 0 Å². The van der Waals surface area contributed by atoms with Gasteiger partial charge in [-0.2, -0.15) is 0 Å². The predicted molar refractivity (Wildman–Crippen MR) is 63.5 cm³/mol. The van der Waals surface area contributed by atoms with Gasteiger partial charge >= 0.3 is 11.9 Å². The number of esters is 2. The second-order valence-corrected chi connectivity index (χ2v) is 3.63. The van der Waals surface area contributed by atoms with Crippen LogP contribution < -0.4 is 4.74 Å². The summed E-state index contributed by atoms with van der Waals surface area (Å²) in [5, 5.41) is 0.678. The van der Waals surface area contributed by atoms with Crippen molar-refractivity contribution >= 4 is 22.9 Å². The van der Waals surface area contributed by atoms with E-state index in [1.807, 2.05) is 0 Å². The van der Waals surface area contributed by atoms with E-state index in [2.05, 4.69) is 0 Å². The summed E-state index contributed by atoms with van der Waals surface area (Å²) < 4.78 is 15.1. The number of ether oxygens (including phenoxy) is 2. The number of hydrogen-bond acceptors (Lipinski definition) is 5. The van der Waals surface area contributed by atoms with E-state index in [-0.39, 0.29) is 12.4 Å². The molecule has 2 rings (SSSR count). The Morgan fingerprint density at radius 2 is 2.11 bits per heavy atom. The van der Waals surface area contributed by atoms with Gasteiger partial charge in [-0.3, -0.25) is 4.79 Å². The lowest BCUT2D eigenvalue weighted by Crippen LogP contribution is -2.06. The van der Waals surface area contributed by atoms with E-state index in [0.29, 0.717) is 16.5 Å². The maximum Gasteiger partial charge on any atom is 0.338 e. The fourth-order valence-corrected chi connectivity index (χ4v) is 1.61. The number of hydrogen-bond donors (Lipinski definition) is 0. The Labute approximate surface area is 103 Å². The predicted octanol–water partition coefficient (Wildman–Crippen LogP) is 2.53. The molecule has 1 aromatic heterocycles. The highest BCUT2D eigenvalue weighted by Crippen LogP contribution is 2.29. The number of carbonyl (C=O) groups excluding carboxylic acids is 2. The minimum Gasteiger partial charge on any atom is -0.462 e. The second kappa shape index (κ2) is 4.91. The first-order chi connectivity index (χ1) is 8.61. The maximum absolute atomic E-state index is 11.7. The van der Waals surface area contributed by atoms with Crippen molar-refractivity contribution in [3.8, 4) is 5.75 Å². The van der Waals surface area contributed by atoms with E-state index in [1.165, 1.54) is 19.3 Å². The van der Waals surface area contributed by atoms with Crippen molar-refractivity contribution in [2.45, 2.75) is 13.8 Å². The number of benzene rings is 1. The van der Waals surface area contributed by atoms with Crippen LogP contribution in [0.15, 0.2) is 28.9 Å². The van der Waals surface area contributed by atoms with Crippen molar-refractivity contribution in [3.05, 3.63) is 30.0 Å². The molecule has 0 aliphatic carbocycles. The van der Waals surface area contributed by atoms with Crippen LogP contribution in [0.3, 0.4) is 0 Å². The van der Waals surface area contributed by atoms with Crippen LogP contribution in [0.4, 0.5) is 0 Å². The van der Waals surface area contributed by atoms with Crippen LogP contribution in [0.1, 0.15) is 24.2 Å². The van der Waals surface area contributed by atoms with E-state index in [1.54, 1.807) is 19.1 Å². The lowest BCUT2D eigenvalue weighted by Gasteiger charge is -2.06. The molecule has 0 saturated carbocycles. The van der Waals surface area contributed by atoms with Gasteiger partial charge in [0.1, 0.15) is 0 Å². The quantitative estimate of drug-likeness (QED) is 0.616. The summed E-state index contributed by atoms with van der Waals surface area (Å²) in [4.78, 5) is 22.7. The first-order valence-corrected chi connectivity index (χ1v) is 5.48. The monoisotopic (exact) mass is 248 g/mol. The van der Waals surface area contributed by atoms with Crippen LogP contribution in [0, 0.1) is 0 Å². The van der Waals surface area contributed by atoms with Crippen molar-refractivity contribution in [3.63, 3.8) is 0 Å². The van der Waals surface area contributed by atoms with Gasteiger partial charge in [0, 0.05) is 12.3 Å². The molecule has 5 heteroatoms. The van der Waals surface area contributed by atoms with Crippen LogP contribution in [0.5, 0.6) is 5.75 Å². The lowest BCUT2D eigenvalue weighted by molar-refractivity contribution is -0.131. The van der Waals surface area contributed by atoms with Crippen molar-refractivity contribution in [1.82, 2.24) is 0 Å². The summed E-state index contributed by atoms with van der Waals surface area (Å²) in [5.41, 5.74) is 0.750. The SMILES string of the molecule is CCOC(=O)c1cc(OC(C)=O)c2occc2c1. The van der Waals surface area contributed by atoms with Gasteiger partial charge in [0.15, 0.2) is 11.3 Å². The Bertz CT molecular complexity index is 596. The average Bonchev–Trinajstić information content (AvgIpc) is 2.76. The molecule has 0 N–H and O–H groups in total. The molecule has 5 nitrogen and oxygen atoms in total. The largest absolute Gasteiger partial charge is 0.462 e. The molecule has 0 saturated heterocycles. The lowest BCUT2D eigenvalue weighted by atomic mass is 10.1. The van der Waals surface area contributed by atoms with Gasteiger partial charge in [0.2, 0.25) is 0 Å². The minimum absolute atomic E-state index is 0.216. The van der Waals surface area contributed by atoms with Gasteiger partial charge < -0.3 is 13.9 Å². The molecular formula is C13H12O5. The Balaban J connectivity index is 2.49. The van der Waals surface area contributed by atoms with E-state index < -0.39 is 11.9 Å². The zero-order valence-electron chi connectivity index (χ0n) is 10.1. The number of rotatable bonds is 3. The van der Waals surface area contributed by atoms with Gasteiger partial charge in [-0.05, 0) is 25.1 Å². The highest BCUT2D eigenvalue weighted by molar-refractivity contribution is 5.97. The van der Waals surface area contributed by atoms with E-state index >= 15 is 0 Å². The van der Waals surface area contributed by atoms with Crippen molar-refractivity contribution in [2.24, 2.45) is 0 Å². The third-order valence-corrected chi connectivity index (χ3v) is 2.28. The Hall–Kier alpha value is -2.30. The highest BCUT2D eigenvalue weighted by atomic mass is 16.5. The van der Waals surface area contributed by atoms with Gasteiger partial charge in [0.05, 0.1) is 18.4 Å². The summed E-state index contributed by atoms with van der Waals surface area (Å²) in [6.07, 6.45) is 1.46. The molecule has 0 amide bonds. The summed E-state index contributed by atoms with van der Waals surface area (Å²) in [5.74, 6) is -0.726. The highest BCUT2D eigenvalue weighted by Gasteiger charge is 2.15. The Morgan fingerprint density at radius 3 is 2.78 bits per heavy atom. The molecule has 18 heavy (non-hydrogen) atoms. The zero-order valence-corrected chi connectivity index (χ0v) is 10.1. The van der Waals surface area contributed by atoms with E-state index in [9.17, 15) is 9.59 Å². The summed E-state index contributed by atoms with van der Waals surface area (Å²) >= 11 is 0. The Kier molecular flexibility index (Phi) is 3.32. The maximum atomic E-state index is 11.7. The molecule has 1 aromatic carbocycles. The molecule has 0 aliphatic rings. The molecule has 0 unspecified atom stereocenters. The standard InChI is InChI=1S/C13H12O5/c1-3-16-13(15)10-6-9-4-5-17-12(9)11(7-10)18-8(2)14/h4-7H,3H2,1-2H3. The van der Waals surface area contributed by atoms with Crippen LogP contribution in [-0.2, 0) is 9.53 Å². The fraction of sp³-hybridized carbons (Fsp3) is 0.231. The number of fused-ring (bicyclic) bond motifs is 1. The molecule has 0 aliphatic heterocycles. The van der Waals surface area contributed by atoms with E-state index in [0.717, 1.165) is 0 Å². The number of carbonyl (C=O) groups is 2. The molecule has 0 fully saturated rings. The summed E-state index contributed by atoms with van der Waals surface area (Å²) in [6, 6.07) is 4.75. The van der Waals surface area contributed by atoms with Crippen molar-refractivity contribution in [2.75, 3.05) is 6.61 Å². The average molecular weight is 248 g/mol. The molecule has 94 valence electrons. The van der Waals surface area contributed by atoms with Gasteiger partial charge in [-0.25, -0.2) is 4.79 Å². The molecule has 0 spiro atoms. The molecule has 0 radical (unpaired) electrons. The van der Waals surface area contributed by atoms with Gasteiger partial charge in [-0.1, -0.05) is 0 Å². The normalized spacial score (nSPS) is 10.3. The Morgan fingerprint density at radius 1 is 1.33 bits per heavy atom. The van der Waals surface area contributed by atoms with Crippen molar-refractivity contribution in [1.29, 1.82) is 0 Å². The fourth-order valence-electron chi connectivity index (χ4n) is 1.61. The molecule has 2 aromatic rings. The van der Waals surface area contributed by atoms with Gasteiger partial charge in [0.25, 0.3) is 0 Å². The molecule has 1 heterocycles. The minimum atomic E-state index is -0.478. The van der Waals surface area contributed by atoms with Crippen LogP contribution in [0.25, 0.3) is 11.0 Å². The molecule has 0 bridgehead atoms. The first kappa shape index (κ1) is 12.2.